The topological polar surface area (TPSA) is 26.3 Å². The van der Waals surface area contributed by atoms with Crippen LogP contribution >= 0.6 is 0 Å². The van der Waals surface area contributed by atoms with E-state index < -0.39 is 0 Å². The summed E-state index contributed by atoms with van der Waals surface area (Å²) in [4.78, 5) is 9.26. The van der Waals surface area contributed by atoms with Gasteiger partial charge in [0.15, 0.2) is 6.61 Å². The van der Waals surface area contributed by atoms with E-state index >= 15 is 0 Å². The van der Waals surface area contributed by atoms with Gasteiger partial charge >= 0.3 is 0 Å². The Hall–Kier alpha value is -0.790. The molecule has 0 saturated heterocycles. The lowest BCUT2D eigenvalue weighted by molar-refractivity contribution is -0.125. The summed E-state index contributed by atoms with van der Waals surface area (Å²) >= 11 is 0. The van der Waals surface area contributed by atoms with Gasteiger partial charge in [0.05, 0.1) is 0 Å². The fourth-order valence-corrected chi connectivity index (χ4v) is 0.0876. The summed E-state index contributed by atoms with van der Waals surface area (Å²) in [5.41, 5.74) is 0. The second kappa shape index (κ2) is 4.21. The van der Waals surface area contributed by atoms with Crippen LogP contribution in [0, 0.1) is 6.61 Å². The first-order valence-electron chi connectivity index (χ1n) is 1.45. The Bertz CT molecular complexity index is 41.5. The predicted octanol–water partition coefficient (Wildman–Crippen LogP) is 0.507. The Labute approximate surface area is 36.4 Å². The molecule has 0 amide bonds. The molecule has 0 aromatic carbocycles. The molecule has 0 rings (SSSR count). The summed E-state index contributed by atoms with van der Waals surface area (Å²) in [6, 6.07) is 0. The Morgan fingerprint density at radius 3 is 2.50 bits per heavy atom. The lowest BCUT2D eigenvalue weighted by Crippen LogP contribution is -1.75. The van der Waals surface area contributed by atoms with Crippen molar-refractivity contribution >= 4 is 6.47 Å². The van der Waals surface area contributed by atoms with Crippen molar-refractivity contribution in [2.75, 3.05) is 0 Å². The normalized spacial score (nSPS) is 6.67. The molecule has 0 aromatic rings. The average molecular weight is 85.1 g/mol. The minimum atomic E-state index is 0.335. The molecule has 0 spiro atoms. The van der Waals surface area contributed by atoms with Crippen LogP contribution in [0.5, 0.6) is 0 Å². The monoisotopic (exact) mass is 85.0 g/mol. The Morgan fingerprint density at radius 1 is 1.67 bits per heavy atom. The molecule has 0 aromatic heterocycles. The highest BCUT2D eigenvalue weighted by molar-refractivity contribution is 5.38. The van der Waals surface area contributed by atoms with Crippen molar-refractivity contribution in [2.45, 2.75) is 0 Å². The first-order valence-corrected chi connectivity index (χ1v) is 1.45. The van der Waals surface area contributed by atoms with Gasteiger partial charge in [0.25, 0.3) is 6.47 Å². The van der Waals surface area contributed by atoms with Crippen LogP contribution in [0.15, 0.2) is 12.7 Å². The van der Waals surface area contributed by atoms with Gasteiger partial charge in [0.1, 0.15) is 0 Å². The van der Waals surface area contributed by atoms with E-state index in [1.807, 2.05) is 0 Å². The minimum Gasteiger partial charge on any atom is -0.456 e. The van der Waals surface area contributed by atoms with Crippen LogP contribution in [0.4, 0.5) is 0 Å². The van der Waals surface area contributed by atoms with Gasteiger partial charge in [-0.15, -0.1) is 0 Å². The van der Waals surface area contributed by atoms with Gasteiger partial charge in [0, 0.05) is 0 Å². The van der Waals surface area contributed by atoms with Gasteiger partial charge in [-0.2, -0.15) is 0 Å². The SMILES string of the molecule is C=C[CH]OC=O. The maximum atomic E-state index is 9.26. The van der Waals surface area contributed by atoms with E-state index in [0.29, 0.717) is 6.47 Å². The molecule has 0 aliphatic carbocycles. The number of rotatable bonds is 3. The van der Waals surface area contributed by atoms with Crippen molar-refractivity contribution in [3.63, 3.8) is 0 Å². The molecule has 0 bridgehead atoms. The summed E-state index contributed by atoms with van der Waals surface area (Å²) in [6.45, 7) is 4.80. The third-order valence-corrected chi connectivity index (χ3v) is 0.230. The fourth-order valence-electron chi connectivity index (χ4n) is 0.0876. The van der Waals surface area contributed by atoms with E-state index in [4.69, 9.17) is 0 Å². The number of carbonyl (C=O) groups excluding carboxylic acids is 1. The summed E-state index contributed by atoms with van der Waals surface area (Å²) in [6.07, 6.45) is 1.38. The van der Waals surface area contributed by atoms with Gasteiger partial charge < -0.3 is 4.74 Å². The zero-order chi connectivity index (χ0) is 4.83. The van der Waals surface area contributed by atoms with Crippen LogP contribution in [0.25, 0.3) is 0 Å². The average Bonchev–Trinajstić information content (AvgIpc) is 1.61. The standard InChI is InChI=1S/C4H5O2/c1-2-3-6-4-5/h2-4H,1H2. The maximum absolute atomic E-state index is 9.26. The molecule has 0 aliphatic rings. The van der Waals surface area contributed by atoms with Crippen molar-refractivity contribution in [1.82, 2.24) is 0 Å². The smallest absolute Gasteiger partial charge is 0.293 e. The fraction of sp³-hybridized carbons (Fsp3) is 0. The van der Waals surface area contributed by atoms with E-state index in [1.54, 1.807) is 0 Å². The van der Waals surface area contributed by atoms with Gasteiger partial charge in [-0.25, -0.2) is 0 Å². The largest absolute Gasteiger partial charge is 0.456 e. The molecule has 33 valence electrons. The molecule has 2 heteroatoms. The molecule has 0 fully saturated rings. The van der Waals surface area contributed by atoms with Crippen molar-refractivity contribution in [3.05, 3.63) is 19.3 Å². The molecule has 2 nitrogen and oxygen atoms in total. The first kappa shape index (κ1) is 5.21. The van der Waals surface area contributed by atoms with E-state index in [0.717, 1.165) is 0 Å². The second-order valence-electron chi connectivity index (χ2n) is 0.604. The third kappa shape index (κ3) is 3.21. The van der Waals surface area contributed by atoms with Gasteiger partial charge in [-0.3, -0.25) is 4.79 Å². The van der Waals surface area contributed by atoms with Gasteiger partial charge in [0.2, 0.25) is 0 Å². The summed E-state index contributed by atoms with van der Waals surface area (Å²) in [5, 5.41) is 0. The molecular formula is C4H5O2. The lowest BCUT2D eigenvalue weighted by atomic mass is 10.7. The molecule has 0 saturated carbocycles. The molecule has 0 atom stereocenters. The van der Waals surface area contributed by atoms with Crippen LogP contribution in [-0.4, -0.2) is 6.47 Å². The van der Waals surface area contributed by atoms with Crippen molar-refractivity contribution < 1.29 is 9.53 Å². The zero-order valence-electron chi connectivity index (χ0n) is 3.26. The molecule has 0 N–H and O–H groups in total. The van der Waals surface area contributed by atoms with E-state index in [9.17, 15) is 4.79 Å². The molecule has 0 unspecified atom stereocenters. The van der Waals surface area contributed by atoms with Crippen molar-refractivity contribution in [2.24, 2.45) is 0 Å². The zero-order valence-corrected chi connectivity index (χ0v) is 3.26. The summed E-state index contributed by atoms with van der Waals surface area (Å²) < 4.78 is 4.06. The van der Waals surface area contributed by atoms with E-state index in [2.05, 4.69) is 11.3 Å². The predicted molar refractivity (Wildman–Crippen MR) is 21.6 cm³/mol. The van der Waals surface area contributed by atoms with Crippen LogP contribution < -0.4 is 0 Å². The number of hydrogen-bond donors (Lipinski definition) is 0. The number of carbonyl (C=O) groups is 1. The molecule has 1 radical (unpaired) electrons. The van der Waals surface area contributed by atoms with Crippen molar-refractivity contribution in [1.29, 1.82) is 0 Å². The third-order valence-electron chi connectivity index (χ3n) is 0.230. The summed E-state index contributed by atoms with van der Waals surface area (Å²) in [7, 11) is 0. The maximum Gasteiger partial charge on any atom is 0.293 e. The molecule has 6 heavy (non-hydrogen) atoms. The summed E-state index contributed by atoms with van der Waals surface area (Å²) in [5.74, 6) is 0. The molecule has 0 heterocycles. The Morgan fingerprint density at radius 2 is 2.33 bits per heavy atom. The Balaban J connectivity index is 2.66. The van der Waals surface area contributed by atoms with Crippen LogP contribution in [-0.2, 0) is 9.53 Å². The van der Waals surface area contributed by atoms with Crippen molar-refractivity contribution in [3.8, 4) is 0 Å². The van der Waals surface area contributed by atoms with Gasteiger partial charge in [-0.05, 0) is 6.08 Å². The van der Waals surface area contributed by atoms with E-state index in [1.165, 1.54) is 12.7 Å². The van der Waals surface area contributed by atoms with Crippen LogP contribution in [0.1, 0.15) is 0 Å². The van der Waals surface area contributed by atoms with Gasteiger partial charge in [-0.1, -0.05) is 6.58 Å². The highest BCUT2D eigenvalue weighted by Gasteiger charge is 1.67. The lowest BCUT2D eigenvalue weighted by Gasteiger charge is -1.80. The molecule has 0 aliphatic heterocycles. The Kier molecular flexibility index (Phi) is 3.66. The van der Waals surface area contributed by atoms with E-state index in [-0.39, 0.29) is 0 Å². The quantitative estimate of drug-likeness (QED) is 0.368. The second-order valence-corrected chi connectivity index (χ2v) is 0.604. The first-order chi connectivity index (χ1) is 2.91. The number of ether oxygens (including phenoxy) is 1. The number of hydrogen-bond acceptors (Lipinski definition) is 2. The highest BCUT2D eigenvalue weighted by Crippen LogP contribution is 1.72. The highest BCUT2D eigenvalue weighted by atomic mass is 16.5. The van der Waals surface area contributed by atoms with Crippen LogP contribution in [0.2, 0.25) is 0 Å². The van der Waals surface area contributed by atoms with Crippen LogP contribution in [0.3, 0.4) is 0 Å². The molecular weight excluding hydrogens is 80.0 g/mol. The minimum absolute atomic E-state index is 0.335.